The van der Waals surface area contributed by atoms with Gasteiger partial charge in [-0.15, -0.1) is 24.0 Å². The Morgan fingerprint density at radius 1 is 1.30 bits per heavy atom. The maximum atomic E-state index is 6.01. The van der Waals surface area contributed by atoms with Gasteiger partial charge in [-0.1, -0.05) is 6.07 Å². The molecule has 0 aliphatic carbocycles. The molecule has 7 nitrogen and oxygen atoms in total. The van der Waals surface area contributed by atoms with E-state index < -0.39 is 0 Å². The predicted molar refractivity (Wildman–Crippen MR) is 132 cm³/mol. The van der Waals surface area contributed by atoms with Crippen molar-refractivity contribution < 1.29 is 14.2 Å². The Labute approximate surface area is 197 Å². The van der Waals surface area contributed by atoms with Gasteiger partial charge in [-0.05, 0) is 56.8 Å². The van der Waals surface area contributed by atoms with Gasteiger partial charge in [-0.2, -0.15) is 0 Å². The number of guanidine groups is 1. The number of hydrogen-bond acceptors (Lipinski definition) is 5. The zero-order valence-corrected chi connectivity index (χ0v) is 20.8. The van der Waals surface area contributed by atoms with Crippen molar-refractivity contribution in [2.75, 3.05) is 53.6 Å². The summed E-state index contributed by atoms with van der Waals surface area (Å²) < 4.78 is 17.0. The van der Waals surface area contributed by atoms with Crippen LogP contribution >= 0.6 is 24.0 Å². The number of hydrogen-bond donors (Lipinski definition) is 2. The van der Waals surface area contributed by atoms with Crippen LogP contribution in [0.1, 0.15) is 31.7 Å². The largest absolute Gasteiger partial charge is 0.493 e. The number of morpholine rings is 1. The number of rotatable bonds is 9. The van der Waals surface area contributed by atoms with E-state index in [1.54, 1.807) is 7.11 Å². The van der Waals surface area contributed by atoms with Gasteiger partial charge in [0.15, 0.2) is 17.5 Å². The van der Waals surface area contributed by atoms with Crippen molar-refractivity contribution >= 4 is 29.9 Å². The normalized spacial score (nSPS) is 21.5. The van der Waals surface area contributed by atoms with Gasteiger partial charge < -0.3 is 24.8 Å². The number of fused-ring (bicyclic) bond motifs is 1. The van der Waals surface area contributed by atoms with Gasteiger partial charge in [0.1, 0.15) is 0 Å². The van der Waals surface area contributed by atoms with E-state index in [0.29, 0.717) is 12.6 Å². The second-order valence-corrected chi connectivity index (χ2v) is 7.65. The van der Waals surface area contributed by atoms with Gasteiger partial charge >= 0.3 is 0 Å². The lowest BCUT2D eigenvalue weighted by Crippen LogP contribution is -2.51. The van der Waals surface area contributed by atoms with E-state index in [2.05, 4.69) is 32.7 Å². The second kappa shape index (κ2) is 13.2. The number of aliphatic imine (C=N–C) groups is 1. The van der Waals surface area contributed by atoms with Gasteiger partial charge in [-0.3, -0.25) is 9.89 Å². The molecule has 0 aromatic heterocycles. The van der Waals surface area contributed by atoms with Crippen molar-refractivity contribution in [1.29, 1.82) is 0 Å². The summed E-state index contributed by atoms with van der Waals surface area (Å²) in [6.07, 6.45) is 4.80. The molecular weight excluding hydrogens is 495 g/mol. The summed E-state index contributed by atoms with van der Waals surface area (Å²) >= 11 is 0. The molecule has 2 N–H and O–H groups in total. The average Bonchev–Trinajstić information content (AvgIpc) is 3.21. The lowest BCUT2D eigenvalue weighted by Gasteiger charge is -2.35. The molecule has 0 saturated carbocycles. The zero-order chi connectivity index (χ0) is 20.5. The van der Waals surface area contributed by atoms with Crippen LogP contribution in [0.4, 0.5) is 0 Å². The van der Waals surface area contributed by atoms with Gasteiger partial charge in [0.2, 0.25) is 0 Å². The molecule has 0 amide bonds. The highest BCUT2D eigenvalue weighted by molar-refractivity contribution is 14.0. The summed E-state index contributed by atoms with van der Waals surface area (Å²) in [6.45, 7) is 7.36. The van der Waals surface area contributed by atoms with Crippen LogP contribution in [0.2, 0.25) is 0 Å². The highest BCUT2D eigenvalue weighted by atomic mass is 127. The summed E-state index contributed by atoms with van der Waals surface area (Å²) in [5.74, 6) is 2.43. The van der Waals surface area contributed by atoms with Crippen molar-refractivity contribution in [3.8, 4) is 11.5 Å². The fourth-order valence-corrected chi connectivity index (χ4v) is 4.08. The van der Waals surface area contributed by atoms with Gasteiger partial charge in [0.05, 0.1) is 26.4 Å². The number of ether oxygens (including phenoxy) is 3. The van der Waals surface area contributed by atoms with Crippen molar-refractivity contribution in [2.24, 2.45) is 4.99 Å². The Morgan fingerprint density at radius 2 is 2.17 bits per heavy atom. The monoisotopic (exact) mass is 532 g/mol. The molecule has 2 fully saturated rings. The molecule has 0 bridgehead atoms. The summed E-state index contributed by atoms with van der Waals surface area (Å²) in [6, 6.07) is 6.79. The van der Waals surface area contributed by atoms with Crippen molar-refractivity contribution in [1.82, 2.24) is 15.5 Å². The predicted octanol–water partition coefficient (Wildman–Crippen LogP) is 2.67. The first-order chi connectivity index (χ1) is 14.2. The fourth-order valence-electron chi connectivity index (χ4n) is 4.08. The molecule has 2 atom stereocenters. The first-order valence-corrected chi connectivity index (χ1v) is 10.8. The van der Waals surface area contributed by atoms with Gasteiger partial charge in [0, 0.05) is 32.7 Å². The van der Waals surface area contributed by atoms with Crippen LogP contribution < -0.4 is 20.1 Å². The smallest absolute Gasteiger partial charge is 0.191 e. The Morgan fingerprint density at radius 3 is 2.93 bits per heavy atom. The standard InChI is InChI=1S/C22H36N4O3.HI/c1-4-28-21-13-17(9-10-20(21)27-3)7-5-11-24-22(23-2)25-14-19-15-26-12-6-8-18(26)16-29-19;/h9-10,13,18-19H,4-8,11-12,14-16H2,1-3H3,(H2,23,24,25);1H. The van der Waals surface area contributed by atoms with Gasteiger partial charge in [-0.25, -0.2) is 0 Å². The molecule has 2 unspecified atom stereocenters. The third kappa shape index (κ3) is 7.16. The lowest BCUT2D eigenvalue weighted by atomic mass is 10.1. The van der Waals surface area contributed by atoms with Crippen LogP contribution in [-0.2, 0) is 11.2 Å². The molecule has 2 aliphatic heterocycles. The molecule has 2 saturated heterocycles. The summed E-state index contributed by atoms with van der Waals surface area (Å²) in [5.41, 5.74) is 1.25. The maximum absolute atomic E-state index is 6.01. The average molecular weight is 532 g/mol. The molecule has 170 valence electrons. The lowest BCUT2D eigenvalue weighted by molar-refractivity contribution is -0.0453. The van der Waals surface area contributed by atoms with E-state index >= 15 is 0 Å². The molecule has 1 aromatic carbocycles. The molecule has 0 radical (unpaired) electrons. The molecule has 0 spiro atoms. The van der Waals surface area contributed by atoms with Crippen LogP contribution in [0, 0.1) is 0 Å². The third-order valence-electron chi connectivity index (χ3n) is 5.64. The van der Waals surface area contributed by atoms with Crippen LogP contribution in [0.25, 0.3) is 0 Å². The first kappa shape index (κ1) is 25.0. The minimum absolute atomic E-state index is 0. The number of benzene rings is 1. The summed E-state index contributed by atoms with van der Waals surface area (Å²) in [4.78, 5) is 6.90. The Hall–Kier alpha value is -1.26. The molecule has 1 aromatic rings. The Balaban J connectivity index is 0.00000320. The molecule has 30 heavy (non-hydrogen) atoms. The van der Waals surface area contributed by atoms with E-state index in [4.69, 9.17) is 14.2 Å². The number of nitrogens with one attached hydrogen (secondary N) is 2. The highest BCUT2D eigenvalue weighted by Gasteiger charge is 2.32. The third-order valence-corrected chi connectivity index (χ3v) is 5.64. The SMILES string of the molecule is CCOc1cc(CCCNC(=NC)NCC2CN3CCCC3CO2)ccc1OC.I. The highest BCUT2D eigenvalue weighted by Crippen LogP contribution is 2.28. The van der Waals surface area contributed by atoms with Crippen LogP contribution in [0.3, 0.4) is 0 Å². The fraction of sp³-hybridized carbons (Fsp3) is 0.682. The van der Waals surface area contributed by atoms with Crippen molar-refractivity contribution in [3.63, 3.8) is 0 Å². The Kier molecular flexibility index (Phi) is 11.0. The molecular formula is C22H37IN4O3. The maximum Gasteiger partial charge on any atom is 0.191 e. The van der Waals surface area contributed by atoms with Gasteiger partial charge in [0.25, 0.3) is 0 Å². The van der Waals surface area contributed by atoms with E-state index in [0.717, 1.165) is 56.5 Å². The van der Waals surface area contributed by atoms with Crippen LogP contribution in [-0.4, -0.2) is 76.6 Å². The molecule has 2 heterocycles. The molecule has 8 heteroatoms. The summed E-state index contributed by atoms with van der Waals surface area (Å²) in [7, 11) is 3.48. The minimum Gasteiger partial charge on any atom is -0.493 e. The van der Waals surface area contributed by atoms with Crippen molar-refractivity contribution in [3.05, 3.63) is 23.8 Å². The molecule has 2 aliphatic rings. The number of methoxy groups -OCH3 is 1. The number of halogens is 1. The quantitative estimate of drug-likeness (QED) is 0.221. The second-order valence-electron chi connectivity index (χ2n) is 7.65. The van der Waals surface area contributed by atoms with Crippen molar-refractivity contribution in [2.45, 2.75) is 44.8 Å². The zero-order valence-electron chi connectivity index (χ0n) is 18.5. The number of nitrogens with zero attached hydrogens (tertiary/aromatic N) is 2. The van der Waals surface area contributed by atoms with E-state index in [9.17, 15) is 0 Å². The first-order valence-electron chi connectivity index (χ1n) is 10.8. The van der Waals surface area contributed by atoms with E-state index in [1.807, 2.05) is 20.0 Å². The number of aryl methyl sites for hydroxylation is 1. The van der Waals surface area contributed by atoms with E-state index in [-0.39, 0.29) is 30.1 Å². The topological polar surface area (TPSA) is 67.4 Å². The minimum atomic E-state index is 0. The van der Waals surface area contributed by atoms with Crippen LogP contribution in [0.5, 0.6) is 11.5 Å². The molecule has 3 rings (SSSR count). The summed E-state index contributed by atoms with van der Waals surface area (Å²) in [5, 5.41) is 6.81. The Bertz CT molecular complexity index is 674. The van der Waals surface area contributed by atoms with Crippen LogP contribution in [0.15, 0.2) is 23.2 Å². The van der Waals surface area contributed by atoms with E-state index in [1.165, 1.54) is 24.9 Å².